The highest BCUT2D eigenvalue weighted by Crippen LogP contribution is 2.30. The van der Waals surface area contributed by atoms with E-state index in [1.807, 2.05) is 37.3 Å². The van der Waals surface area contributed by atoms with Crippen molar-refractivity contribution in [2.75, 3.05) is 6.61 Å². The van der Waals surface area contributed by atoms with Gasteiger partial charge in [-0.2, -0.15) is 0 Å². The molecule has 0 spiro atoms. The molecule has 1 aromatic heterocycles. The molecule has 0 aliphatic rings. The molecule has 0 amide bonds. The molecule has 0 bridgehead atoms. The molecule has 27 heavy (non-hydrogen) atoms. The summed E-state index contributed by atoms with van der Waals surface area (Å²) in [6, 6.07) is 14.7. The molecule has 0 aliphatic heterocycles. The topological polar surface area (TPSA) is 68.7 Å². The van der Waals surface area contributed by atoms with Gasteiger partial charge >= 0.3 is 5.97 Å². The molecule has 0 aliphatic carbocycles. The maximum Gasteiger partial charge on any atom is 0.360 e. The molecule has 5 heteroatoms. The van der Waals surface area contributed by atoms with Gasteiger partial charge in [-0.25, -0.2) is 9.78 Å². The van der Waals surface area contributed by atoms with E-state index >= 15 is 0 Å². The number of carbonyl (C=O) groups is 1. The molecule has 138 valence electrons. The highest BCUT2D eigenvalue weighted by Gasteiger charge is 2.17. The first kappa shape index (κ1) is 18.5. The summed E-state index contributed by atoms with van der Waals surface area (Å²) in [4.78, 5) is 16.2. The second kappa shape index (κ2) is 8.36. The van der Waals surface area contributed by atoms with Crippen molar-refractivity contribution in [3.63, 3.8) is 0 Å². The van der Waals surface area contributed by atoms with Crippen molar-refractivity contribution in [3.8, 4) is 11.5 Å². The number of aromatic hydroxyl groups is 1. The number of hydrogen-bond acceptors (Lipinski definition) is 5. The van der Waals surface area contributed by atoms with Crippen LogP contribution < -0.4 is 4.74 Å². The van der Waals surface area contributed by atoms with Crippen LogP contribution in [-0.4, -0.2) is 22.7 Å². The van der Waals surface area contributed by atoms with E-state index in [1.54, 1.807) is 18.2 Å². The first-order chi connectivity index (χ1) is 13.1. The molecule has 3 rings (SSSR count). The fourth-order valence-corrected chi connectivity index (χ4v) is 2.60. The van der Waals surface area contributed by atoms with Gasteiger partial charge in [0.2, 0.25) is 0 Å². The molecular weight excluding hydrogens is 342 g/mol. The smallest absolute Gasteiger partial charge is 0.360 e. The summed E-state index contributed by atoms with van der Waals surface area (Å²) in [7, 11) is 0. The Labute approximate surface area is 157 Å². The van der Waals surface area contributed by atoms with Crippen LogP contribution in [0.25, 0.3) is 16.5 Å². The number of nitrogens with zero attached hydrogens (tertiary/aromatic N) is 1. The Bertz CT molecular complexity index is 967. The monoisotopic (exact) mass is 363 g/mol. The Morgan fingerprint density at radius 2 is 1.96 bits per heavy atom. The highest BCUT2D eigenvalue weighted by molar-refractivity contribution is 5.99. The summed E-state index contributed by atoms with van der Waals surface area (Å²) >= 11 is 0. The minimum absolute atomic E-state index is 0.0780. The van der Waals surface area contributed by atoms with Crippen molar-refractivity contribution in [1.29, 1.82) is 0 Å². The summed E-state index contributed by atoms with van der Waals surface area (Å²) in [6.07, 6.45) is 3.22. The standard InChI is InChI=1S/C22H21NO4/c1-3-4-12-26-22(25)20-21(24)19-11-10-16(13-17(19)14-23-20)15(2)27-18-8-6-5-7-9-18/h5-11,13-14,24H,2-4,12H2,1H3. The number of unbranched alkanes of at least 4 members (excludes halogenated alkanes) is 1. The minimum Gasteiger partial charge on any atom is -0.505 e. The molecular formula is C22H21NO4. The van der Waals surface area contributed by atoms with Gasteiger partial charge < -0.3 is 14.6 Å². The van der Waals surface area contributed by atoms with Crippen LogP contribution in [0.15, 0.2) is 61.3 Å². The molecule has 0 unspecified atom stereocenters. The van der Waals surface area contributed by atoms with Crippen molar-refractivity contribution in [2.45, 2.75) is 19.8 Å². The van der Waals surface area contributed by atoms with E-state index in [0.29, 0.717) is 28.9 Å². The number of benzene rings is 2. The summed E-state index contributed by atoms with van der Waals surface area (Å²) < 4.78 is 10.9. The van der Waals surface area contributed by atoms with Crippen LogP contribution in [-0.2, 0) is 4.74 Å². The van der Waals surface area contributed by atoms with Crippen molar-refractivity contribution >= 4 is 22.5 Å². The van der Waals surface area contributed by atoms with Crippen LogP contribution in [0.4, 0.5) is 0 Å². The fraction of sp³-hybridized carbons (Fsp3) is 0.182. The fourth-order valence-electron chi connectivity index (χ4n) is 2.60. The van der Waals surface area contributed by atoms with Crippen LogP contribution in [0.3, 0.4) is 0 Å². The second-order valence-electron chi connectivity index (χ2n) is 6.09. The van der Waals surface area contributed by atoms with Gasteiger partial charge in [-0.15, -0.1) is 0 Å². The number of rotatable bonds is 7. The first-order valence-corrected chi connectivity index (χ1v) is 8.81. The van der Waals surface area contributed by atoms with Gasteiger partial charge in [-0.05, 0) is 30.7 Å². The quantitative estimate of drug-likeness (QED) is 0.365. The maximum absolute atomic E-state index is 12.1. The number of aromatic nitrogens is 1. The van der Waals surface area contributed by atoms with E-state index in [-0.39, 0.29) is 11.4 Å². The number of carbonyl (C=O) groups excluding carboxylic acids is 1. The predicted molar refractivity (Wildman–Crippen MR) is 105 cm³/mol. The molecule has 2 aromatic carbocycles. The van der Waals surface area contributed by atoms with Crippen LogP contribution in [0.2, 0.25) is 0 Å². The molecule has 1 N–H and O–H groups in total. The van der Waals surface area contributed by atoms with E-state index in [9.17, 15) is 9.90 Å². The van der Waals surface area contributed by atoms with E-state index in [2.05, 4.69) is 11.6 Å². The van der Waals surface area contributed by atoms with Gasteiger partial charge in [0.15, 0.2) is 11.4 Å². The third-order valence-corrected chi connectivity index (χ3v) is 4.09. The van der Waals surface area contributed by atoms with Crippen LogP contribution >= 0.6 is 0 Å². The van der Waals surface area contributed by atoms with Crippen LogP contribution in [0.1, 0.15) is 35.8 Å². The molecule has 0 radical (unpaired) electrons. The van der Waals surface area contributed by atoms with E-state index < -0.39 is 5.97 Å². The molecule has 1 heterocycles. The Morgan fingerprint density at radius 3 is 2.70 bits per heavy atom. The van der Waals surface area contributed by atoms with Crippen LogP contribution in [0, 0.1) is 0 Å². The Balaban J connectivity index is 1.83. The van der Waals surface area contributed by atoms with Gasteiger partial charge in [0.05, 0.1) is 6.61 Å². The number of para-hydroxylation sites is 1. The maximum atomic E-state index is 12.1. The van der Waals surface area contributed by atoms with Gasteiger partial charge in [-0.3, -0.25) is 0 Å². The number of hydrogen-bond donors (Lipinski definition) is 1. The SMILES string of the molecule is C=C(Oc1ccccc1)c1ccc2c(O)c(C(=O)OCCCC)ncc2c1. The zero-order chi connectivity index (χ0) is 19.2. The predicted octanol–water partition coefficient (Wildman–Crippen LogP) is 4.95. The van der Waals surface area contributed by atoms with Gasteiger partial charge in [0.25, 0.3) is 0 Å². The summed E-state index contributed by atoms with van der Waals surface area (Å²) in [6.45, 7) is 6.27. The molecule has 3 aromatic rings. The van der Waals surface area contributed by atoms with Crippen molar-refractivity contribution in [2.24, 2.45) is 0 Å². The van der Waals surface area contributed by atoms with Crippen LogP contribution in [0.5, 0.6) is 11.5 Å². The lowest BCUT2D eigenvalue weighted by atomic mass is 10.1. The van der Waals surface area contributed by atoms with E-state index in [1.165, 1.54) is 6.20 Å². The summed E-state index contributed by atoms with van der Waals surface area (Å²) in [5.74, 6) is 0.360. The Kier molecular flexibility index (Phi) is 5.71. The molecule has 5 nitrogen and oxygen atoms in total. The lowest BCUT2D eigenvalue weighted by Crippen LogP contribution is -2.09. The number of fused-ring (bicyclic) bond motifs is 1. The lowest BCUT2D eigenvalue weighted by molar-refractivity contribution is 0.0489. The normalized spacial score (nSPS) is 10.6. The highest BCUT2D eigenvalue weighted by atomic mass is 16.5. The minimum atomic E-state index is -0.622. The summed E-state index contributed by atoms with van der Waals surface area (Å²) in [5, 5.41) is 11.6. The second-order valence-corrected chi connectivity index (χ2v) is 6.09. The van der Waals surface area contributed by atoms with Gasteiger partial charge in [0, 0.05) is 22.5 Å². The zero-order valence-corrected chi connectivity index (χ0v) is 15.1. The third-order valence-electron chi connectivity index (χ3n) is 4.09. The average molecular weight is 363 g/mol. The van der Waals surface area contributed by atoms with Crippen molar-refractivity contribution in [3.05, 3.63) is 72.6 Å². The van der Waals surface area contributed by atoms with Crippen molar-refractivity contribution < 1.29 is 19.4 Å². The number of esters is 1. The van der Waals surface area contributed by atoms with Gasteiger partial charge in [0.1, 0.15) is 11.5 Å². The number of ether oxygens (including phenoxy) is 2. The largest absolute Gasteiger partial charge is 0.505 e. The first-order valence-electron chi connectivity index (χ1n) is 8.81. The average Bonchev–Trinajstić information content (AvgIpc) is 2.69. The zero-order valence-electron chi connectivity index (χ0n) is 15.1. The third kappa shape index (κ3) is 4.26. The Morgan fingerprint density at radius 1 is 1.19 bits per heavy atom. The van der Waals surface area contributed by atoms with Crippen molar-refractivity contribution in [1.82, 2.24) is 4.98 Å². The molecule has 0 saturated heterocycles. The molecule has 0 saturated carbocycles. The van der Waals surface area contributed by atoms with E-state index in [4.69, 9.17) is 9.47 Å². The lowest BCUT2D eigenvalue weighted by Gasteiger charge is -2.11. The van der Waals surface area contributed by atoms with Gasteiger partial charge in [-0.1, -0.05) is 44.2 Å². The summed E-state index contributed by atoms with van der Waals surface area (Å²) in [5.41, 5.74) is 0.677. The molecule has 0 atom stereocenters. The molecule has 0 fully saturated rings. The number of pyridine rings is 1. The van der Waals surface area contributed by atoms with E-state index in [0.717, 1.165) is 18.4 Å². The Hall–Kier alpha value is -3.34.